The molecule has 5 heteroatoms. The van der Waals surface area contributed by atoms with Gasteiger partial charge in [0, 0.05) is 30.1 Å². The minimum atomic E-state index is -0.147. The third kappa shape index (κ3) is 5.11. The van der Waals surface area contributed by atoms with Crippen molar-refractivity contribution in [2.45, 2.75) is 42.5 Å². The lowest BCUT2D eigenvalue weighted by atomic mass is 10.1. The Kier molecular flexibility index (Phi) is 5.99. The van der Waals surface area contributed by atoms with Gasteiger partial charge in [-0.15, -0.1) is 11.8 Å². The van der Waals surface area contributed by atoms with E-state index in [0.717, 1.165) is 23.3 Å². The summed E-state index contributed by atoms with van der Waals surface area (Å²) in [7, 11) is 1.82. The van der Waals surface area contributed by atoms with Crippen LogP contribution in [0.1, 0.15) is 35.7 Å². The molecule has 26 heavy (non-hydrogen) atoms. The number of nitrogens with zero attached hydrogens (tertiary/aromatic N) is 1. The van der Waals surface area contributed by atoms with Gasteiger partial charge in [0.05, 0.1) is 5.25 Å². The third-order valence-electron chi connectivity index (χ3n) is 4.33. The van der Waals surface area contributed by atoms with Crippen LogP contribution in [0.15, 0.2) is 59.5 Å². The predicted molar refractivity (Wildman–Crippen MR) is 105 cm³/mol. The Balaban J connectivity index is 1.53. The van der Waals surface area contributed by atoms with Gasteiger partial charge in [0.2, 0.25) is 5.91 Å². The van der Waals surface area contributed by atoms with Gasteiger partial charge in [-0.3, -0.25) is 9.59 Å². The molecule has 0 spiro atoms. The summed E-state index contributed by atoms with van der Waals surface area (Å²) in [6.45, 7) is 2.46. The summed E-state index contributed by atoms with van der Waals surface area (Å²) in [5.74, 6) is 0.0748. The van der Waals surface area contributed by atoms with Gasteiger partial charge in [0.15, 0.2) is 0 Å². The second-order valence-electron chi connectivity index (χ2n) is 6.71. The molecule has 3 rings (SSSR count). The Morgan fingerprint density at radius 1 is 1.12 bits per heavy atom. The van der Waals surface area contributed by atoms with Crippen LogP contribution in [0, 0.1) is 0 Å². The molecule has 0 bridgehead atoms. The van der Waals surface area contributed by atoms with Gasteiger partial charge in [-0.25, -0.2) is 0 Å². The normalized spacial score (nSPS) is 14.5. The maximum absolute atomic E-state index is 12.6. The first-order valence-corrected chi connectivity index (χ1v) is 9.77. The fourth-order valence-corrected chi connectivity index (χ4v) is 3.68. The number of hydrogen-bond acceptors (Lipinski definition) is 3. The topological polar surface area (TPSA) is 49.4 Å². The predicted octanol–water partition coefficient (Wildman–Crippen LogP) is 3.72. The highest BCUT2D eigenvalue weighted by molar-refractivity contribution is 8.00. The Hall–Kier alpha value is -2.27. The highest BCUT2D eigenvalue weighted by Crippen LogP contribution is 2.24. The van der Waals surface area contributed by atoms with E-state index in [4.69, 9.17) is 0 Å². The number of rotatable bonds is 7. The van der Waals surface area contributed by atoms with Crippen molar-refractivity contribution in [1.82, 2.24) is 10.2 Å². The standard InChI is InChI=1S/C21H24N2O2S/c1-15(26-19-6-4-3-5-7-19)21(25)23(2)14-16-8-10-17(11-9-16)20(24)22-18-12-13-18/h3-11,15,18H,12-14H2,1-2H3,(H,22,24). The Morgan fingerprint density at radius 2 is 1.77 bits per heavy atom. The van der Waals surface area contributed by atoms with Crippen LogP contribution in [-0.4, -0.2) is 35.1 Å². The first kappa shape index (κ1) is 18.5. The zero-order valence-electron chi connectivity index (χ0n) is 15.1. The summed E-state index contributed by atoms with van der Waals surface area (Å²) in [6, 6.07) is 17.8. The van der Waals surface area contributed by atoms with Gasteiger partial charge in [0.25, 0.3) is 5.91 Å². The van der Waals surface area contributed by atoms with Gasteiger partial charge in [-0.1, -0.05) is 30.3 Å². The molecule has 4 nitrogen and oxygen atoms in total. The molecule has 0 aliphatic heterocycles. The van der Waals surface area contributed by atoms with E-state index in [9.17, 15) is 9.59 Å². The zero-order chi connectivity index (χ0) is 18.5. The number of amides is 2. The molecule has 2 amide bonds. The van der Waals surface area contributed by atoms with E-state index in [-0.39, 0.29) is 17.1 Å². The highest BCUT2D eigenvalue weighted by Gasteiger charge is 2.24. The lowest BCUT2D eigenvalue weighted by Gasteiger charge is -2.21. The van der Waals surface area contributed by atoms with Crippen LogP contribution in [0.5, 0.6) is 0 Å². The van der Waals surface area contributed by atoms with Crippen LogP contribution in [0.4, 0.5) is 0 Å². The average Bonchev–Trinajstić information content (AvgIpc) is 3.46. The summed E-state index contributed by atoms with van der Waals surface area (Å²) in [5, 5.41) is 2.83. The molecule has 0 heterocycles. The van der Waals surface area contributed by atoms with Gasteiger partial charge >= 0.3 is 0 Å². The number of carbonyl (C=O) groups excluding carboxylic acids is 2. The quantitative estimate of drug-likeness (QED) is 0.758. The number of thioether (sulfide) groups is 1. The third-order valence-corrected chi connectivity index (χ3v) is 5.43. The molecular weight excluding hydrogens is 344 g/mol. The van der Waals surface area contributed by atoms with Crippen molar-refractivity contribution in [2.24, 2.45) is 0 Å². The maximum atomic E-state index is 12.6. The molecule has 1 unspecified atom stereocenters. The second-order valence-corrected chi connectivity index (χ2v) is 8.13. The molecule has 0 radical (unpaired) electrons. The largest absolute Gasteiger partial charge is 0.349 e. The van der Waals surface area contributed by atoms with Crippen LogP contribution in [-0.2, 0) is 11.3 Å². The van der Waals surface area contributed by atoms with Crippen molar-refractivity contribution in [2.75, 3.05) is 7.05 Å². The summed E-state index contributed by atoms with van der Waals surface area (Å²) >= 11 is 1.56. The number of benzene rings is 2. The Bertz CT molecular complexity index is 757. The molecule has 0 saturated heterocycles. The maximum Gasteiger partial charge on any atom is 0.251 e. The molecule has 2 aromatic carbocycles. The summed E-state index contributed by atoms with van der Waals surface area (Å²) in [4.78, 5) is 27.4. The molecule has 1 N–H and O–H groups in total. The zero-order valence-corrected chi connectivity index (χ0v) is 16.0. The molecular formula is C21H24N2O2S. The molecule has 136 valence electrons. The number of nitrogens with one attached hydrogen (secondary N) is 1. The van der Waals surface area contributed by atoms with E-state index in [1.165, 1.54) is 0 Å². The van der Waals surface area contributed by atoms with E-state index in [1.807, 2.05) is 68.6 Å². The van der Waals surface area contributed by atoms with Crippen molar-refractivity contribution in [3.63, 3.8) is 0 Å². The molecule has 2 aromatic rings. The van der Waals surface area contributed by atoms with E-state index in [0.29, 0.717) is 18.2 Å². The van der Waals surface area contributed by atoms with Crippen molar-refractivity contribution in [3.8, 4) is 0 Å². The summed E-state index contributed by atoms with van der Waals surface area (Å²) in [5.41, 5.74) is 1.68. The Morgan fingerprint density at radius 3 is 2.38 bits per heavy atom. The van der Waals surface area contributed by atoms with Crippen LogP contribution < -0.4 is 5.32 Å². The van der Waals surface area contributed by atoms with Gasteiger partial charge in [-0.05, 0) is 49.6 Å². The van der Waals surface area contributed by atoms with E-state index >= 15 is 0 Å². The Labute approximate surface area is 159 Å². The van der Waals surface area contributed by atoms with Crippen molar-refractivity contribution >= 4 is 23.6 Å². The second kappa shape index (κ2) is 8.41. The van der Waals surface area contributed by atoms with E-state index in [2.05, 4.69) is 5.32 Å². The lowest BCUT2D eigenvalue weighted by molar-refractivity contribution is -0.129. The molecule has 0 aromatic heterocycles. The molecule has 1 fully saturated rings. The first-order chi connectivity index (χ1) is 12.5. The van der Waals surface area contributed by atoms with Gasteiger partial charge in [-0.2, -0.15) is 0 Å². The van der Waals surface area contributed by atoms with Crippen molar-refractivity contribution < 1.29 is 9.59 Å². The SMILES string of the molecule is CC(Sc1ccccc1)C(=O)N(C)Cc1ccc(C(=O)NC2CC2)cc1. The van der Waals surface area contributed by atoms with Crippen LogP contribution in [0.25, 0.3) is 0 Å². The number of carbonyl (C=O) groups is 2. The first-order valence-electron chi connectivity index (χ1n) is 8.89. The van der Waals surface area contributed by atoms with Crippen LogP contribution >= 0.6 is 11.8 Å². The van der Waals surface area contributed by atoms with Gasteiger partial charge in [0.1, 0.15) is 0 Å². The molecule has 1 aliphatic rings. The minimum absolute atomic E-state index is 0.0173. The summed E-state index contributed by atoms with van der Waals surface area (Å²) in [6.07, 6.45) is 2.16. The van der Waals surface area contributed by atoms with Crippen molar-refractivity contribution in [3.05, 3.63) is 65.7 Å². The van der Waals surface area contributed by atoms with E-state index < -0.39 is 0 Å². The smallest absolute Gasteiger partial charge is 0.251 e. The minimum Gasteiger partial charge on any atom is -0.349 e. The van der Waals surface area contributed by atoms with E-state index in [1.54, 1.807) is 16.7 Å². The highest BCUT2D eigenvalue weighted by atomic mass is 32.2. The van der Waals surface area contributed by atoms with Crippen molar-refractivity contribution in [1.29, 1.82) is 0 Å². The molecule has 1 atom stereocenters. The fraction of sp³-hybridized carbons (Fsp3) is 0.333. The fourth-order valence-electron chi connectivity index (χ4n) is 2.67. The monoisotopic (exact) mass is 368 g/mol. The number of hydrogen-bond donors (Lipinski definition) is 1. The molecule has 1 saturated carbocycles. The average molecular weight is 369 g/mol. The van der Waals surface area contributed by atoms with Gasteiger partial charge < -0.3 is 10.2 Å². The summed E-state index contributed by atoms with van der Waals surface area (Å²) < 4.78 is 0. The lowest BCUT2D eigenvalue weighted by Crippen LogP contribution is -2.32. The molecule has 1 aliphatic carbocycles. The van der Waals surface area contributed by atoms with Crippen LogP contribution in [0.3, 0.4) is 0 Å². The van der Waals surface area contributed by atoms with Crippen LogP contribution in [0.2, 0.25) is 0 Å².